The van der Waals surface area contributed by atoms with Crippen molar-refractivity contribution < 1.29 is 8.42 Å². The smallest absolute Gasteiger partial charge is 0.212 e. The van der Waals surface area contributed by atoms with Gasteiger partial charge >= 0.3 is 0 Å². The Morgan fingerprint density at radius 1 is 1.38 bits per heavy atom. The van der Waals surface area contributed by atoms with Gasteiger partial charge in [0.05, 0.1) is 5.75 Å². The predicted octanol–water partition coefficient (Wildman–Crippen LogP) is 2.00. The number of nitrogens with one attached hydrogen (secondary N) is 1. The van der Waals surface area contributed by atoms with Gasteiger partial charge in [-0.3, -0.25) is 0 Å². The van der Waals surface area contributed by atoms with Crippen molar-refractivity contribution in [3.05, 3.63) is 35.4 Å². The summed E-state index contributed by atoms with van der Waals surface area (Å²) in [7, 11) is -3.11. The Balaban J connectivity index is 2.15. The Hall–Kier alpha value is -0.870. The summed E-state index contributed by atoms with van der Waals surface area (Å²) >= 11 is 0. The van der Waals surface area contributed by atoms with Gasteiger partial charge in [-0.1, -0.05) is 31.2 Å². The average molecular weight is 239 g/mol. The molecule has 1 aliphatic rings. The summed E-state index contributed by atoms with van der Waals surface area (Å²) in [5, 5.41) is 0. The molecule has 4 heteroatoms. The van der Waals surface area contributed by atoms with Crippen LogP contribution in [-0.4, -0.2) is 14.2 Å². The molecule has 0 saturated heterocycles. The highest BCUT2D eigenvalue weighted by molar-refractivity contribution is 7.89. The summed E-state index contributed by atoms with van der Waals surface area (Å²) in [6.45, 7) is 1.88. The molecule has 16 heavy (non-hydrogen) atoms. The highest BCUT2D eigenvalue weighted by Crippen LogP contribution is 2.31. The second-order valence-electron chi connectivity index (χ2n) is 4.23. The van der Waals surface area contributed by atoms with E-state index in [1.807, 2.05) is 25.1 Å². The lowest BCUT2D eigenvalue weighted by Crippen LogP contribution is -2.29. The molecule has 0 heterocycles. The van der Waals surface area contributed by atoms with E-state index in [4.69, 9.17) is 0 Å². The van der Waals surface area contributed by atoms with Crippen molar-refractivity contribution >= 4 is 10.0 Å². The van der Waals surface area contributed by atoms with E-state index in [2.05, 4.69) is 10.8 Å². The van der Waals surface area contributed by atoms with Gasteiger partial charge in [-0.2, -0.15) is 0 Å². The highest BCUT2D eigenvalue weighted by Gasteiger charge is 2.25. The molecule has 1 aromatic rings. The van der Waals surface area contributed by atoms with Gasteiger partial charge in [-0.25, -0.2) is 13.1 Å². The summed E-state index contributed by atoms with van der Waals surface area (Å²) < 4.78 is 26.2. The SMILES string of the molecule is CCCS(=O)(=O)NC1CCc2ccccc21. The topological polar surface area (TPSA) is 46.2 Å². The summed E-state index contributed by atoms with van der Waals surface area (Å²) in [5.74, 6) is 0.214. The molecule has 88 valence electrons. The van der Waals surface area contributed by atoms with Gasteiger partial charge in [0, 0.05) is 6.04 Å². The molecule has 1 aliphatic carbocycles. The van der Waals surface area contributed by atoms with E-state index in [0.717, 1.165) is 18.4 Å². The van der Waals surface area contributed by atoms with Crippen molar-refractivity contribution in [3.8, 4) is 0 Å². The lowest BCUT2D eigenvalue weighted by Gasteiger charge is -2.13. The zero-order valence-electron chi connectivity index (χ0n) is 9.44. The molecule has 2 rings (SSSR count). The minimum absolute atomic E-state index is 0.0206. The number of hydrogen-bond donors (Lipinski definition) is 1. The Bertz CT molecular complexity index is 468. The fourth-order valence-electron chi connectivity index (χ4n) is 2.22. The first-order chi connectivity index (χ1) is 7.62. The number of benzene rings is 1. The molecule has 0 aliphatic heterocycles. The molecule has 1 atom stereocenters. The van der Waals surface area contributed by atoms with Gasteiger partial charge in [0.2, 0.25) is 10.0 Å². The average Bonchev–Trinajstić information content (AvgIpc) is 2.61. The quantitative estimate of drug-likeness (QED) is 0.873. The van der Waals surface area contributed by atoms with Crippen LogP contribution in [0.1, 0.15) is 36.9 Å². The van der Waals surface area contributed by atoms with Crippen molar-refractivity contribution in [1.82, 2.24) is 4.72 Å². The Labute approximate surface area is 96.9 Å². The van der Waals surface area contributed by atoms with Crippen LogP contribution in [0.5, 0.6) is 0 Å². The van der Waals surface area contributed by atoms with Crippen LogP contribution in [0.3, 0.4) is 0 Å². The lowest BCUT2D eigenvalue weighted by atomic mass is 10.1. The maximum atomic E-state index is 11.7. The Kier molecular flexibility index (Phi) is 3.30. The summed E-state index contributed by atoms with van der Waals surface area (Å²) in [6.07, 6.45) is 2.50. The highest BCUT2D eigenvalue weighted by atomic mass is 32.2. The van der Waals surface area contributed by atoms with Crippen LogP contribution >= 0.6 is 0 Å². The van der Waals surface area contributed by atoms with Crippen molar-refractivity contribution in [2.75, 3.05) is 5.75 Å². The van der Waals surface area contributed by atoms with Crippen molar-refractivity contribution in [1.29, 1.82) is 0 Å². The van der Waals surface area contributed by atoms with Crippen molar-refractivity contribution in [2.24, 2.45) is 0 Å². The van der Waals surface area contributed by atoms with Crippen LogP contribution in [-0.2, 0) is 16.4 Å². The van der Waals surface area contributed by atoms with E-state index >= 15 is 0 Å². The fourth-order valence-corrected chi connectivity index (χ4v) is 3.56. The van der Waals surface area contributed by atoms with Crippen LogP contribution in [0, 0.1) is 0 Å². The molecular formula is C12H17NO2S. The number of aryl methyl sites for hydroxylation is 1. The third kappa shape index (κ3) is 2.44. The van der Waals surface area contributed by atoms with E-state index in [9.17, 15) is 8.42 Å². The molecule has 0 amide bonds. The standard InChI is InChI=1S/C12H17NO2S/c1-2-9-16(14,15)13-12-8-7-10-5-3-4-6-11(10)12/h3-6,12-13H,2,7-9H2,1H3. The van der Waals surface area contributed by atoms with Crippen LogP contribution in [0.25, 0.3) is 0 Å². The second kappa shape index (κ2) is 4.55. The lowest BCUT2D eigenvalue weighted by molar-refractivity contribution is 0.553. The summed E-state index contributed by atoms with van der Waals surface area (Å²) in [4.78, 5) is 0. The summed E-state index contributed by atoms with van der Waals surface area (Å²) in [5.41, 5.74) is 2.41. The molecule has 1 aromatic carbocycles. The Morgan fingerprint density at radius 2 is 2.12 bits per heavy atom. The molecule has 0 fully saturated rings. The zero-order chi connectivity index (χ0) is 11.6. The zero-order valence-corrected chi connectivity index (χ0v) is 10.3. The monoisotopic (exact) mass is 239 g/mol. The molecule has 3 nitrogen and oxygen atoms in total. The van der Waals surface area contributed by atoms with E-state index in [-0.39, 0.29) is 11.8 Å². The molecule has 0 aromatic heterocycles. The molecule has 0 saturated carbocycles. The van der Waals surface area contributed by atoms with Crippen LogP contribution < -0.4 is 4.72 Å². The fraction of sp³-hybridized carbons (Fsp3) is 0.500. The number of rotatable bonds is 4. The first-order valence-corrected chi connectivity index (χ1v) is 7.35. The van der Waals surface area contributed by atoms with Crippen molar-refractivity contribution in [3.63, 3.8) is 0 Å². The van der Waals surface area contributed by atoms with Crippen LogP contribution in [0.2, 0.25) is 0 Å². The van der Waals surface area contributed by atoms with E-state index in [1.165, 1.54) is 5.56 Å². The maximum Gasteiger partial charge on any atom is 0.212 e. The van der Waals surface area contributed by atoms with Gasteiger partial charge in [0.15, 0.2) is 0 Å². The summed E-state index contributed by atoms with van der Waals surface area (Å²) in [6, 6.07) is 8.03. The third-order valence-electron chi connectivity index (χ3n) is 2.93. The van der Waals surface area contributed by atoms with Gasteiger partial charge in [0.25, 0.3) is 0 Å². The number of sulfonamides is 1. The van der Waals surface area contributed by atoms with Gasteiger partial charge in [-0.05, 0) is 30.4 Å². The molecule has 0 spiro atoms. The molecule has 0 radical (unpaired) electrons. The van der Waals surface area contributed by atoms with Crippen LogP contribution in [0.4, 0.5) is 0 Å². The molecule has 0 bridgehead atoms. The Morgan fingerprint density at radius 3 is 2.88 bits per heavy atom. The van der Waals surface area contributed by atoms with E-state index < -0.39 is 10.0 Å². The van der Waals surface area contributed by atoms with Crippen molar-refractivity contribution in [2.45, 2.75) is 32.2 Å². The molecule has 1 unspecified atom stereocenters. The first kappa shape index (κ1) is 11.6. The normalized spacial score (nSPS) is 19.7. The van der Waals surface area contributed by atoms with Gasteiger partial charge in [0.1, 0.15) is 0 Å². The number of fused-ring (bicyclic) bond motifs is 1. The van der Waals surface area contributed by atoms with Gasteiger partial charge in [-0.15, -0.1) is 0 Å². The van der Waals surface area contributed by atoms with Gasteiger partial charge < -0.3 is 0 Å². The second-order valence-corrected chi connectivity index (χ2v) is 6.10. The minimum Gasteiger partial charge on any atom is -0.212 e. The minimum atomic E-state index is -3.11. The predicted molar refractivity (Wildman–Crippen MR) is 64.7 cm³/mol. The first-order valence-electron chi connectivity index (χ1n) is 5.70. The molecule has 1 N–H and O–H groups in total. The third-order valence-corrected chi connectivity index (χ3v) is 4.52. The van der Waals surface area contributed by atoms with Crippen LogP contribution in [0.15, 0.2) is 24.3 Å². The van der Waals surface area contributed by atoms with E-state index in [1.54, 1.807) is 0 Å². The molecular weight excluding hydrogens is 222 g/mol. The van der Waals surface area contributed by atoms with E-state index in [0.29, 0.717) is 6.42 Å². The largest absolute Gasteiger partial charge is 0.212 e. The number of hydrogen-bond acceptors (Lipinski definition) is 2. The maximum absolute atomic E-state index is 11.7.